The Kier molecular flexibility index (Phi) is 2.65. The number of thiophene rings is 1. The molecule has 0 radical (unpaired) electrons. The van der Waals surface area contributed by atoms with Gasteiger partial charge < -0.3 is 0 Å². The molecule has 0 unspecified atom stereocenters. The van der Waals surface area contributed by atoms with Crippen LogP contribution in [0.4, 0.5) is 8.22 Å². The maximum atomic E-state index is 13.8. The standard InChI is InChI=1S/C9H14F2SSi/c1-7-5-6-8(12-7)13(10,11)9(2,3)4/h5-6H,1-4H3. The first-order valence-electron chi connectivity index (χ1n) is 4.20. The van der Waals surface area contributed by atoms with Gasteiger partial charge in [0.25, 0.3) is 0 Å². The second-order valence-electron chi connectivity index (χ2n) is 4.23. The Bertz CT molecular complexity index is 299. The Morgan fingerprint density at radius 3 is 2.08 bits per heavy atom. The minimum atomic E-state index is -4.24. The first-order chi connectivity index (χ1) is 5.75. The Morgan fingerprint density at radius 2 is 1.77 bits per heavy atom. The third kappa shape index (κ3) is 1.99. The van der Waals surface area contributed by atoms with E-state index >= 15 is 0 Å². The largest absolute Gasteiger partial charge is 0.470 e. The average molecular weight is 220 g/mol. The van der Waals surface area contributed by atoms with Crippen LogP contribution in [0.5, 0.6) is 0 Å². The van der Waals surface area contributed by atoms with Gasteiger partial charge in [0, 0.05) is 9.92 Å². The van der Waals surface area contributed by atoms with Crippen LogP contribution in [-0.4, -0.2) is 8.74 Å². The maximum absolute atomic E-state index is 13.8. The molecule has 74 valence electrons. The second kappa shape index (κ2) is 3.17. The van der Waals surface area contributed by atoms with Crippen molar-refractivity contribution in [2.75, 3.05) is 0 Å². The number of hydrogen-bond donors (Lipinski definition) is 0. The molecule has 0 aromatic carbocycles. The molecule has 1 aromatic heterocycles. The molecular weight excluding hydrogens is 206 g/mol. The molecule has 1 heterocycles. The van der Waals surface area contributed by atoms with E-state index in [-0.39, 0.29) is 0 Å². The van der Waals surface area contributed by atoms with Gasteiger partial charge in [0.15, 0.2) is 0 Å². The van der Waals surface area contributed by atoms with Gasteiger partial charge in [0.05, 0.1) is 4.50 Å². The SMILES string of the molecule is Cc1ccc([Si](F)(F)C(C)(C)C)s1. The summed E-state index contributed by atoms with van der Waals surface area (Å²) >= 11 is 1.23. The average Bonchev–Trinajstić information content (AvgIpc) is 2.33. The molecule has 1 rings (SSSR count). The van der Waals surface area contributed by atoms with Crippen molar-refractivity contribution in [3.05, 3.63) is 17.0 Å². The first-order valence-corrected chi connectivity index (χ1v) is 6.77. The molecule has 0 spiro atoms. The molecule has 0 saturated carbocycles. The van der Waals surface area contributed by atoms with E-state index in [9.17, 15) is 8.22 Å². The van der Waals surface area contributed by atoms with Gasteiger partial charge in [-0.2, -0.15) is 0 Å². The Morgan fingerprint density at radius 1 is 1.23 bits per heavy atom. The Labute approximate surface area is 83.0 Å². The van der Waals surface area contributed by atoms with E-state index in [0.29, 0.717) is 4.50 Å². The van der Waals surface area contributed by atoms with Gasteiger partial charge in [-0.3, -0.25) is 8.22 Å². The molecule has 1 aromatic rings. The van der Waals surface area contributed by atoms with Crippen molar-refractivity contribution in [1.82, 2.24) is 0 Å². The van der Waals surface area contributed by atoms with E-state index in [4.69, 9.17) is 0 Å². The van der Waals surface area contributed by atoms with Crippen LogP contribution in [0.1, 0.15) is 25.6 Å². The molecule has 0 N–H and O–H groups in total. The zero-order chi connectivity index (χ0) is 10.3. The van der Waals surface area contributed by atoms with Gasteiger partial charge in [-0.15, -0.1) is 11.3 Å². The molecule has 0 amide bonds. The zero-order valence-corrected chi connectivity index (χ0v) is 10.1. The van der Waals surface area contributed by atoms with Gasteiger partial charge in [-0.05, 0) is 19.1 Å². The van der Waals surface area contributed by atoms with Gasteiger partial charge in [-0.1, -0.05) is 20.8 Å². The van der Waals surface area contributed by atoms with E-state index in [1.807, 2.05) is 6.92 Å². The normalized spacial score (nSPS) is 13.4. The molecule has 0 bridgehead atoms. The van der Waals surface area contributed by atoms with Crippen molar-refractivity contribution >= 4 is 24.6 Å². The summed E-state index contributed by atoms with van der Waals surface area (Å²) in [5, 5.41) is -0.871. The number of aryl methyl sites for hydroxylation is 1. The Hall–Kier alpha value is -0.223. The highest BCUT2D eigenvalue weighted by atomic mass is 32.1. The van der Waals surface area contributed by atoms with E-state index in [1.165, 1.54) is 11.3 Å². The quantitative estimate of drug-likeness (QED) is 0.502. The van der Waals surface area contributed by atoms with Crippen LogP contribution in [0.15, 0.2) is 12.1 Å². The molecule has 0 atom stereocenters. The molecule has 0 nitrogen and oxygen atoms in total. The predicted octanol–water partition coefficient (Wildman–Crippen LogP) is 3.44. The van der Waals surface area contributed by atoms with Crippen LogP contribution in [0.2, 0.25) is 5.04 Å². The van der Waals surface area contributed by atoms with Crippen LogP contribution in [-0.2, 0) is 0 Å². The highest BCUT2D eigenvalue weighted by molar-refractivity contribution is 7.25. The van der Waals surface area contributed by atoms with Crippen LogP contribution >= 0.6 is 11.3 Å². The van der Waals surface area contributed by atoms with Crippen molar-refractivity contribution in [1.29, 1.82) is 0 Å². The lowest BCUT2D eigenvalue weighted by molar-refractivity contribution is 0.521. The maximum Gasteiger partial charge on any atom is 0.470 e. The lowest BCUT2D eigenvalue weighted by atomic mass is 10.2. The van der Waals surface area contributed by atoms with Gasteiger partial charge in [-0.25, -0.2) is 0 Å². The smallest absolute Gasteiger partial charge is 0.263 e. The molecule has 0 aliphatic carbocycles. The highest BCUT2D eigenvalue weighted by Crippen LogP contribution is 2.38. The number of halogens is 2. The van der Waals surface area contributed by atoms with E-state index < -0.39 is 13.8 Å². The number of hydrogen-bond acceptors (Lipinski definition) is 1. The summed E-state index contributed by atoms with van der Waals surface area (Å²) in [5.74, 6) is 0. The monoisotopic (exact) mass is 220 g/mol. The first kappa shape index (κ1) is 10.9. The van der Waals surface area contributed by atoms with Crippen LogP contribution in [0.25, 0.3) is 0 Å². The summed E-state index contributed by atoms with van der Waals surface area (Å²) in [6.45, 7) is 6.72. The van der Waals surface area contributed by atoms with Crippen molar-refractivity contribution in [2.45, 2.75) is 32.7 Å². The molecule has 0 saturated heterocycles. The fourth-order valence-electron chi connectivity index (χ4n) is 0.973. The summed E-state index contributed by atoms with van der Waals surface area (Å²) in [5.41, 5.74) is 0. The predicted molar refractivity (Wildman–Crippen MR) is 56.4 cm³/mol. The Balaban J connectivity index is 3.07. The molecule has 0 fully saturated rings. The van der Waals surface area contributed by atoms with Gasteiger partial charge >= 0.3 is 8.74 Å². The summed E-state index contributed by atoms with van der Waals surface area (Å²) < 4.78 is 28.0. The van der Waals surface area contributed by atoms with Gasteiger partial charge in [0.1, 0.15) is 0 Å². The van der Waals surface area contributed by atoms with E-state index in [0.717, 1.165) is 4.88 Å². The fraction of sp³-hybridized carbons (Fsp3) is 0.556. The number of rotatable bonds is 1. The second-order valence-corrected chi connectivity index (χ2v) is 9.07. The minimum absolute atomic E-state index is 0.303. The minimum Gasteiger partial charge on any atom is -0.263 e. The van der Waals surface area contributed by atoms with Crippen molar-refractivity contribution in [3.8, 4) is 0 Å². The molecule has 0 aliphatic rings. The van der Waals surface area contributed by atoms with Crippen LogP contribution in [0, 0.1) is 6.92 Å². The van der Waals surface area contributed by atoms with Crippen LogP contribution in [0.3, 0.4) is 0 Å². The van der Waals surface area contributed by atoms with Crippen molar-refractivity contribution in [3.63, 3.8) is 0 Å². The fourth-order valence-corrected chi connectivity index (χ4v) is 4.54. The van der Waals surface area contributed by atoms with Crippen molar-refractivity contribution < 1.29 is 8.22 Å². The van der Waals surface area contributed by atoms with E-state index in [1.54, 1.807) is 32.9 Å². The lowest BCUT2D eigenvalue weighted by Crippen LogP contribution is -2.45. The topological polar surface area (TPSA) is 0 Å². The third-order valence-electron chi connectivity index (χ3n) is 1.99. The molecular formula is C9H14F2SSi. The third-order valence-corrected chi connectivity index (χ3v) is 6.55. The highest BCUT2D eigenvalue weighted by Gasteiger charge is 2.51. The molecule has 4 heteroatoms. The van der Waals surface area contributed by atoms with Gasteiger partial charge in [0.2, 0.25) is 0 Å². The van der Waals surface area contributed by atoms with Crippen LogP contribution < -0.4 is 4.50 Å². The molecule has 0 aliphatic heterocycles. The summed E-state index contributed by atoms with van der Waals surface area (Å²) in [4.78, 5) is 0.964. The zero-order valence-electron chi connectivity index (χ0n) is 8.32. The summed E-state index contributed by atoms with van der Waals surface area (Å²) in [7, 11) is -4.24. The summed E-state index contributed by atoms with van der Waals surface area (Å²) in [6, 6.07) is 3.35. The molecule has 13 heavy (non-hydrogen) atoms. The summed E-state index contributed by atoms with van der Waals surface area (Å²) in [6.07, 6.45) is 0. The van der Waals surface area contributed by atoms with E-state index in [2.05, 4.69) is 0 Å². The lowest BCUT2D eigenvalue weighted by Gasteiger charge is -2.25. The van der Waals surface area contributed by atoms with Crippen molar-refractivity contribution in [2.24, 2.45) is 0 Å².